The van der Waals surface area contributed by atoms with Gasteiger partial charge in [-0.3, -0.25) is 4.90 Å². The summed E-state index contributed by atoms with van der Waals surface area (Å²) in [5.41, 5.74) is -0.467. The maximum Gasteiger partial charge on any atom is 0.0774 e. The second-order valence-corrected chi connectivity index (χ2v) is 7.98. The third-order valence-corrected chi connectivity index (χ3v) is 5.67. The van der Waals surface area contributed by atoms with E-state index in [0.717, 1.165) is 12.8 Å². The summed E-state index contributed by atoms with van der Waals surface area (Å²) in [6.45, 7) is 9.03. The Balaban J connectivity index is 2.31. The molecule has 1 aliphatic rings. The molecular formula is C21H43NO. The average molecular weight is 326 g/mol. The van der Waals surface area contributed by atoms with E-state index in [0.29, 0.717) is 6.04 Å². The number of piperidine rings is 1. The topological polar surface area (TPSA) is 23.5 Å². The number of hydrogen-bond acceptors (Lipinski definition) is 2. The third-order valence-electron chi connectivity index (χ3n) is 5.67. The fourth-order valence-electron chi connectivity index (χ4n) is 4.15. The molecule has 1 fully saturated rings. The van der Waals surface area contributed by atoms with Gasteiger partial charge in [0.25, 0.3) is 0 Å². The van der Waals surface area contributed by atoms with Crippen LogP contribution in [0.5, 0.6) is 0 Å². The van der Waals surface area contributed by atoms with Crippen LogP contribution in [-0.2, 0) is 0 Å². The third kappa shape index (κ3) is 8.54. The van der Waals surface area contributed by atoms with Crippen molar-refractivity contribution in [3.63, 3.8) is 0 Å². The van der Waals surface area contributed by atoms with Crippen LogP contribution in [0.4, 0.5) is 0 Å². The van der Waals surface area contributed by atoms with Gasteiger partial charge < -0.3 is 5.11 Å². The zero-order valence-corrected chi connectivity index (χ0v) is 16.3. The van der Waals surface area contributed by atoms with Gasteiger partial charge in [-0.25, -0.2) is 0 Å². The zero-order valence-electron chi connectivity index (χ0n) is 16.3. The second kappa shape index (κ2) is 12.3. The molecule has 1 aliphatic heterocycles. The van der Waals surface area contributed by atoms with E-state index in [1.807, 2.05) is 0 Å². The molecule has 0 aromatic heterocycles. The van der Waals surface area contributed by atoms with Crippen molar-refractivity contribution in [1.82, 2.24) is 4.90 Å². The molecule has 1 heterocycles. The molecule has 0 saturated carbocycles. The smallest absolute Gasteiger partial charge is 0.0774 e. The van der Waals surface area contributed by atoms with E-state index in [1.54, 1.807) is 0 Å². The number of nitrogens with zero attached hydrogens (tertiary/aromatic N) is 1. The molecular weight excluding hydrogens is 282 g/mol. The summed E-state index contributed by atoms with van der Waals surface area (Å²) in [5.74, 6) is 0. The first-order valence-corrected chi connectivity index (χ1v) is 10.6. The Bertz CT molecular complexity index is 277. The van der Waals surface area contributed by atoms with Crippen molar-refractivity contribution in [2.75, 3.05) is 13.1 Å². The van der Waals surface area contributed by atoms with E-state index in [-0.39, 0.29) is 0 Å². The first-order valence-electron chi connectivity index (χ1n) is 10.6. The molecule has 2 atom stereocenters. The Morgan fingerprint density at radius 1 is 0.870 bits per heavy atom. The van der Waals surface area contributed by atoms with Gasteiger partial charge in [0.05, 0.1) is 5.60 Å². The van der Waals surface area contributed by atoms with Gasteiger partial charge in [0.1, 0.15) is 0 Å². The summed E-state index contributed by atoms with van der Waals surface area (Å²) in [4.78, 5) is 2.61. The monoisotopic (exact) mass is 325 g/mol. The molecule has 2 heteroatoms. The molecule has 0 amide bonds. The van der Waals surface area contributed by atoms with E-state index < -0.39 is 5.60 Å². The molecule has 2 unspecified atom stereocenters. The van der Waals surface area contributed by atoms with Crippen LogP contribution in [0.25, 0.3) is 0 Å². The van der Waals surface area contributed by atoms with Crippen molar-refractivity contribution in [2.24, 2.45) is 0 Å². The molecule has 0 radical (unpaired) electrons. The van der Waals surface area contributed by atoms with Crippen molar-refractivity contribution in [3.8, 4) is 0 Å². The maximum atomic E-state index is 10.8. The van der Waals surface area contributed by atoms with E-state index >= 15 is 0 Å². The number of hydrogen-bond donors (Lipinski definition) is 1. The summed E-state index contributed by atoms with van der Waals surface area (Å²) in [5, 5.41) is 10.8. The lowest BCUT2D eigenvalue weighted by atomic mass is 9.83. The SMILES string of the molecule is CCCCCCCCN1CCCC(C)(O)C1CCCCCCC. The van der Waals surface area contributed by atoms with Crippen LogP contribution in [0.2, 0.25) is 0 Å². The molecule has 0 aliphatic carbocycles. The summed E-state index contributed by atoms with van der Waals surface area (Å²) in [6.07, 6.45) is 18.2. The van der Waals surface area contributed by atoms with Crippen LogP contribution >= 0.6 is 0 Å². The zero-order chi connectivity index (χ0) is 17.0. The van der Waals surface area contributed by atoms with Gasteiger partial charge in [0.15, 0.2) is 0 Å². The van der Waals surface area contributed by atoms with Gasteiger partial charge in [0, 0.05) is 6.04 Å². The predicted molar refractivity (Wildman–Crippen MR) is 102 cm³/mol. The lowest BCUT2D eigenvalue weighted by molar-refractivity contribution is -0.0717. The number of rotatable bonds is 13. The van der Waals surface area contributed by atoms with Crippen molar-refractivity contribution in [3.05, 3.63) is 0 Å². The van der Waals surface area contributed by atoms with Crippen LogP contribution < -0.4 is 0 Å². The fourth-order valence-corrected chi connectivity index (χ4v) is 4.15. The van der Waals surface area contributed by atoms with Crippen LogP contribution in [0.3, 0.4) is 0 Å². The molecule has 0 aromatic rings. The summed E-state index contributed by atoms with van der Waals surface area (Å²) in [7, 11) is 0. The lowest BCUT2D eigenvalue weighted by Crippen LogP contribution is -2.55. The van der Waals surface area contributed by atoms with Crippen LogP contribution in [0.15, 0.2) is 0 Å². The average Bonchev–Trinajstić information content (AvgIpc) is 2.52. The largest absolute Gasteiger partial charge is 0.389 e. The molecule has 0 bridgehead atoms. The van der Waals surface area contributed by atoms with Crippen molar-refractivity contribution >= 4 is 0 Å². The highest BCUT2D eigenvalue weighted by atomic mass is 16.3. The van der Waals surface area contributed by atoms with E-state index in [4.69, 9.17) is 0 Å². The standard InChI is InChI=1S/C21H43NO/c1-4-6-8-10-12-14-18-22-19-15-17-21(3,23)20(22)16-13-11-9-7-5-2/h20,23H,4-19H2,1-3H3. The van der Waals surface area contributed by atoms with Gasteiger partial charge in [0.2, 0.25) is 0 Å². The summed E-state index contributed by atoms with van der Waals surface area (Å²) in [6, 6.07) is 0.397. The second-order valence-electron chi connectivity index (χ2n) is 7.98. The minimum absolute atomic E-state index is 0.397. The Hall–Kier alpha value is -0.0800. The van der Waals surface area contributed by atoms with Gasteiger partial charge in [-0.05, 0) is 45.7 Å². The minimum Gasteiger partial charge on any atom is -0.389 e. The van der Waals surface area contributed by atoms with Gasteiger partial charge in [-0.2, -0.15) is 0 Å². The van der Waals surface area contributed by atoms with Crippen molar-refractivity contribution in [1.29, 1.82) is 0 Å². The molecule has 1 N–H and O–H groups in total. The van der Waals surface area contributed by atoms with Crippen LogP contribution in [0.1, 0.15) is 111 Å². The first-order chi connectivity index (χ1) is 11.1. The van der Waals surface area contributed by atoms with Gasteiger partial charge in [-0.1, -0.05) is 78.1 Å². The Kier molecular flexibility index (Phi) is 11.2. The quantitative estimate of drug-likeness (QED) is 0.425. The molecule has 23 heavy (non-hydrogen) atoms. The maximum absolute atomic E-state index is 10.8. The number of aliphatic hydroxyl groups is 1. The molecule has 1 saturated heterocycles. The number of likely N-dealkylation sites (tertiary alicyclic amines) is 1. The van der Waals surface area contributed by atoms with Gasteiger partial charge >= 0.3 is 0 Å². The lowest BCUT2D eigenvalue weighted by Gasteiger charge is -2.45. The van der Waals surface area contributed by atoms with E-state index in [9.17, 15) is 5.11 Å². The summed E-state index contributed by atoms with van der Waals surface area (Å²) < 4.78 is 0. The van der Waals surface area contributed by atoms with Crippen molar-refractivity contribution < 1.29 is 5.11 Å². The molecule has 0 aromatic carbocycles. The number of unbranched alkanes of at least 4 members (excludes halogenated alkanes) is 9. The molecule has 2 nitrogen and oxygen atoms in total. The fraction of sp³-hybridized carbons (Fsp3) is 1.00. The first kappa shape index (κ1) is 21.0. The van der Waals surface area contributed by atoms with E-state index in [1.165, 1.54) is 90.1 Å². The highest BCUT2D eigenvalue weighted by Crippen LogP contribution is 2.31. The highest BCUT2D eigenvalue weighted by molar-refractivity contribution is 4.93. The van der Waals surface area contributed by atoms with E-state index in [2.05, 4.69) is 25.7 Å². The molecule has 138 valence electrons. The van der Waals surface area contributed by atoms with Gasteiger partial charge in [-0.15, -0.1) is 0 Å². The van der Waals surface area contributed by atoms with Crippen molar-refractivity contribution in [2.45, 2.75) is 122 Å². The Morgan fingerprint density at radius 2 is 1.43 bits per heavy atom. The highest BCUT2D eigenvalue weighted by Gasteiger charge is 2.38. The minimum atomic E-state index is -0.467. The normalized spacial score (nSPS) is 25.8. The Morgan fingerprint density at radius 3 is 2.09 bits per heavy atom. The predicted octanol–water partition coefficient (Wildman–Crippen LogP) is 5.92. The van der Waals surface area contributed by atoms with Crippen LogP contribution in [0, 0.1) is 0 Å². The molecule has 0 spiro atoms. The molecule has 1 rings (SSSR count). The summed E-state index contributed by atoms with van der Waals surface area (Å²) >= 11 is 0. The van der Waals surface area contributed by atoms with Crippen LogP contribution in [-0.4, -0.2) is 34.7 Å². The Labute approximate surface area is 146 Å².